The van der Waals surface area contributed by atoms with Crippen LogP contribution in [0.5, 0.6) is 5.88 Å². The van der Waals surface area contributed by atoms with Crippen LogP contribution >= 0.6 is 0 Å². The molecule has 110 valence electrons. The maximum atomic E-state index is 13.6. The molecule has 2 aromatic rings. The molecule has 1 N–H and O–H groups in total. The van der Waals surface area contributed by atoms with Crippen LogP contribution in [0.1, 0.15) is 23.7 Å². The highest BCUT2D eigenvalue weighted by atomic mass is 19.1. The van der Waals surface area contributed by atoms with E-state index in [1.54, 1.807) is 23.9 Å². The van der Waals surface area contributed by atoms with Crippen molar-refractivity contribution in [2.24, 2.45) is 7.05 Å². The van der Waals surface area contributed by atoms with Gasteiger partial charge >= 0.3 is 0 Å². The molecule has 0 saturated heterocycles. The van der Waals surface area contributed by atoms with E-state index in [1.165, 1.54) is 6.07 Å². The van der Waals surface area contributed by atoms with E-state index >= 15 is 0 Å². The first-order valence-corrected chi connectivity index (χ1v) is 6.63. The number of benzene rings is 1. The molecule has 0 aliphatic rings. The molecule has 0 saturated carbocycles. The van der Waals surface area contributed by atoms with Gasteiger partial charge < -0.3 is 10.1 Å². The van der Waals surface area contributed by atoms with Gasteiger partial charge in [0.25, 0.3) is 0 Å². The van der Waals surface area contributed by atoms with Crippen molar-refractivity contribution >= 4 is 5.69 Å². The lowest BCUT2D eigenvalue weighted by Crippen LogP contribution is -2.05. The van der Waals surface area contributed by atoms with Crippen molar-refractivity contribution in [1.29, 1.82) is 5.26 Å². The molecule has 0 amide bonds. The summed E-state index contributed by atoms with van der Waals surface area (Å²) in [5.74, 6) is 0.130. The quantitative estimate of drug-likeness (QED) is 0.918. The number of aryl methyl sites for hydroxylation is 2. The first-order chi connectivity index (χ1) is 10.1. The molecule has 1 aromatic carbocycles. The maximum absolute atomic E-state index is 13.6. The zero-order chi connectivity index (χ0) is 15.4. The molecule has 21 heavy (non-hydrogen) atoms. The molecule has 2 rings (SSSR count). The van der Waals surface area contributed by atoms with Crippen LogP contribution in [0.15, 0.2) is 18.2 Å². The predicted octanol–water partition coefficient (Wildman–Crippen LogP) is 2.61. The van der Waals surface area contributed by atoms with Crippen LogP contribution in [-0.4, -0.2) is 16.9 Å². The summed E-state index contributed by atoms with van der Waals surface area (Å²) in [7, 11) is 3.40. The Labute approximate surface area is 123 Å². The molecule has 0 fully saturated rings. The van der Waals surface area contributed by atoms with Crippen molar-refractivity contribution in [2.45, 2.75) is 19.9 Å². The number of rotatable bonds is 5. The van der Waals surface area contributed by atoms with Crippen molar-refractivity contribution in [2.75, 3.05) is 12.4 Å². The summed E-state index contributed by atoms with van der Waals surface area (Å²) < 4.78 is 20.6. The van der Waals surface area contributed by atoms with Gasteiger partial charge in [-0.3, -0.25) is 0 Å². The second kappa shape index (κ2) is 6.27. The third kappa shape index (κ3) is 2.82. The number of anilines is 1. The highest BCUT2D eigenvalue weighted by molar-refractivity contribution is 5.58. The molecular formula is C15H17FN4O. The first-order valence-electron chi connectivity index (χ1n) is 6.63. The van der Waals surface area contributed by atoms with Crippen LogP contribution in [0.2, 0.25) is 0 Å². The van der Waals surface area contributed by atoms with Gasteiger partial charge in [0.1, 0.15) is 17.4 Å². The minimum Gasteiger partial charge on any atom is -0.481 e. The predicted molar refractivity (Wildman–Crippen MR) is 77.6 cm³/mol. The van der Waals surface area contributed by atoms with Crippen molar-refractivity contribution < 1.29 is 9.13 Å². The fourth-order valence-electron chi connectivity index (χ4n) is 2.29. The Morgan fingerprint density at radius 1 is 1.48 bits per heavy atom. The zero-order valence-electron chi connectivity index (χ0n) is 12.3. The lowest BCUT2D eigenvalue weighted by atomic mass is 10.1. The highest BCUT2D eigenvalue weighted by Crippen LogP contribution is 2.25. The summed E-state index contributed by atoms with van der Waals surface area (Å²) >= 11 is 0. The Hall–Kier alpha value is -2.55. The number of hydrogen-bond donors (Lipinski definition) is 1. The van der Waals surface area contributed by atoms with Crippen LogP contribution in [0.4, 0.5) is 10.1 Å². The number of nitrogens with zero attached hydrogens (tertiary/aromatic N) is 3. The van der Waals surface area contributed by atoms with E-state index in [-0.39, 0.29) is 5.56 Å². The normalized spacial score (nSPS) is 10.2. The lowest BCUT2D eigenvalue weighted by Gasteiger charge is -2.10. The maximum Gasteiger partial charge on any atom is 0.216 e. The van der Waals surface area contributed by atoms with E-state index in [4.69, 9.17) is 10.00 Å². The summed E-state index contributed by atoms with van der Waals surface area (Å²) in [5.41, 5.74) is 2.30. The number of hydrogen-bond acceptors (Lipinski definition) is 4. The molecule has 1 aromatic heterocycles. The van der Waals surface area contributed by atoms with Gasteiger partial charge in [0.2, 0.25) is 5.88 Å². The summed E-state index contributed by atoms with van der Waals surface area (Å²) in [6, 6.07) is 6.39. The Morgan fingerprint density at radius 2 is 2.24 bits per heavy atom. The SMILES string of the molecule is CCc1nn(C)c(OC)c1CNc1cccc(F)c1C#N. The lowest BCUT2D eigenvalue weighted by molar-refractivity contribution is 0.370. The van der Waals surface area contributed by atoms with Crippen LogP contribution in [0.3, 0.4) is 0 Å². The second-order valence-corrected chi connectivity index (χ2v) is 4.54. The molecule has 0 unspecified atom stereocenters. The number of aromatic nitrogens is 2. The molecule has 0 radical (unpaired) electrons. The van der Waals surface area contributed by atoms with Crippen molar-refractivity contribution in [3.05, 3.63) is 40.8 Å². The van der Waals surface area contributed by atoms with Gasteiger partial charge in [0.15, 0.2) is 0 Å². The number of methoxy groups -OCH3 is 1. The largest absolute Gasteiger partial charge is 0.481 e. The Kier molecular flexibility index (Phi) is 4.43. The number of nitrogens with one attached hydrogen (secondary N) is 1. The van der Waals surface area contributed by atoms with Crippen LogP contribution in [-0.2, 0) is 20.0 Å². The van der Waals surface area contributed by atoms with Gasteiger partial charge in [-0.25, -0.2) is 9.07 Å². The topological polar surface area (TPSA) is 62.9 Å². The van der Waals surface area contributed by atoms with Crippen LogP contribution in [0, 0.1) is 17.1 Å². The van der Waals surface area contributed by atoms with Gasteiger partial charge in [-0.2, -0.15) is 10.4 Å². The first kappa shape index (κ1) is 14.9. The molecule has 1 heterocycles. The highest BCUT2D eigenvalue weighted by Gasteiger charge is 2.16. The average Bonchev–Trinajstić information content (AvgIpc) is 2.80. The monoisotopic (exact) mass is 288 g/mol. The molecule has 0 aliphatic heterocycles. The van der Waals surface area contributed by atoms with Crippen molar-refractivity contribution in [3.8, 4) is 11.9 Å². The van der Waals surface area contributed by atoms with Gasteiger partial charge in [-0.05, 0) is 18.6 Å². The number of halogens is 1. The molecule has 0 aliphatic carbocycles. The van der Waals surface area contributed by atoms with E-state index in [2.05, 4.69) is 10.4 Å². The fraction of sp³-hybridized carbons (Fsp3) is 0.333. The van der Waals surface area contributed by atoms with E-state index in [9.17, 15) is 4.39 Å². The van der Waals surface area contributed by atoms with Crippen LogP contribution in [0.25, 0.3) is 0 Å². The third-order valence-electron chi connectivity index (χ3n) is 3.28. The standard InChI is InChI=1S/C15H17FN4O/c1-4-13-11(15(21-3)20(2)19-13)9-18-14-7-5-6-12(16)10(14)8-17/h5-7,18H,4,9H2,1-3H3. The van der Waals surface area contributed by atoms with E-state index < -0.39 is 5.82 Å². The van der Waals surface area contributed by atoms with Gasteiger partial charge in [-0.1, -0.05) is 13.0 Å². The molecule has 0 bridgehead atoms. The average molecular weight is 288 g/mol. The Balaban J connectivity index is 2.29. The van der Waals surface area contributed by atoms with Crippen LogP contribution < -0.4 is 10.1 Å². The third-order valence-corrected chi connectivity index (χ3v) is 3.28. The smallest absolute Gasteiger partial charge is 0.216 e. The Morgan fingerprint density at radius 3 is 2.86 bits per heavy atom. The summed E-state index contributed by atoms with van der Waals surface area (Å²) in [4.78, 5) is 0. The zero-order valence-corrected chi connectivity index (χ0v) is 12.3. The fourth-order valence-corrected chi connectivity index (χ4v) is 2.29. The van der Waals surface area contributed by atoms with E-state index in [0.29, 0.717) is 18.1 Å². The van der Waals surface area contributed by atoms with Gasteiger partial charge in [-0.15, -0.1) is 0 Å². The molecule has 6 heteroatoms. The van der Waals surface area contributed by atoms with E-state index in [0.717, 1.165) is 17.7 Å². The van der Waals surface area contributed by atoms with Gasteiger partial charge in [0.05, 0.1) is 24.1 Å². The number of nitriles is 1. The molecule has 0 spiro atoms. The summed E-state index contributed by atoms with van der Waals surface area (Å²) in [6.45, 7) is 2.42. The van der Waals surface area contributed by atoms with Gasteiger partial charge in [0, 0.05) is 13.6 Å². The molecule has 5 nitrogen and oxygen atoms in total. The summed E-state index contributed by atoms with van der Waals surface area (Å²) in [6.07, 6.45) is 0.766. The molecule has 0 atom stereocenters. The summed E-state index contributed by atoms with van der Waals surface area (Å²) in [5, 5.41) is 16.5. The minimum absolute atomic E-state index is 0.0124. The Bertz CT molecular complexity index is 688. The number of ether oxygens (including phenoxy) is 1. The molecular weight excluding hydrogens is 271 g/mol. The second-order valence-electron chi connectivity index (χ2n) is 4.54. The van der Waals surface area contributed by atoms with Crippen molar-refractivity contribution in [3.63, 3.8) is 0 Å². The minimum atomic E-state index is -0.531. The van der Waals surface area contributed by atoms with Crippen molar-refractivity contribution in [1.82, 2.24) is 9.78 Å². The van der Waals surface area contributed by atoms with E-state index in [1.807, 2.05) is 20.0 Å².